The molecule has 1 aliphatic heterocycles. The summed E-state index contributed by atoms with van der Waals surface area (Å²) in [4.78, 5) is 18.8. The van der Waals surface area contributed by atoms with Gasteiger partial charge in [-0.1, -0.05) is 0 Å². The number of piperidine rings is 1. The number of nitrogens with one attached hydrogen (secondary N) is 1. The predicted molar refractivity (Wildman–Crippen MR) is 103 cm³/mol. The van der Waals surface area contributed by atoms with Gasteiger partial charge in [0.2, 0.25) is 0 Å². The maximum Gasteiger partial charge on any atom is 0.310 e. The third-order valence-electron chi connectivity index (χ3n) is 3.59. The Morgan fingerprint density at radius 3 is 2.74 bits per heavy atom. The number of halogens is 1. The van der Waals surface area contributed by atoms with Crippen LogP contribution in [0.3, 0.4) is 0 Å². The Hall–Kier alpha value is -0.570. The van der Waals surface area contributed by atoms with Gasteiger partial charge in [-0.15, -0.1) is 24.0 Å². The molecule has 1 unspecified atom stereocenters. The summed E-state index contributed by atoms with van der Waals surface area (Å²) >= 11 is 0. The van der Waals surface area contributed by atoms with Gasteiger partial charge in [-0.3, -0.25) is 9.79 Å². The Morgan fingerprint density at radius 1 is 1.30 bits per heavy atom. The van der Waals surface area contributed by atoms with Gasteiger partial charge in [0.15, 0.2) is 5.96 Å². The van der Waals surface area contributed by atoms with Crippen molar-refractivity contribution in [3.63, 3.8) is 0 Å². The molecular weight excluding hydrogens is 409 g/mol. The zero-order valence-corrected chi connectivity index (χ0v) is 17.0. The van der Waals surface area contributed by atoms with E-state index < -0.39 is 0 Å². The van der Waals surface area contributed by atoms with E-state index >= 15 is 0 Å². The average Bonchev–Trinajstić information content (AvgIpc) is 2.54. The van der Waals surface area contributed by atoms with Crippen LogP contribution in [0.1, 0.15) is 40.0 Å². The molecule has 1 saturated heterocycles. The molecular formula is C16H32IN3O3. The number of esters is 1. The molecule has 23 heavy (non-hydrogen) atoms. The van der Waals surface area contributed by atoms with E-state index in [4.69, 9.17) is 9.47 Å². The Balaban J connectivity index is 0.00000484. The van der Waals surface area contributed by atoms with Crippen LogP contribution in [-0.2, 0) is 14.3 Å². The molecule has 1 heterocycles. The SMILES string of the molecule is CCNC(=NCCCOCC)N1CCCC(C(=O)OCC)C1.I. The average molecular weight is 441 g/mol. The highest BCUT2D eigenvalue weighted by Crippen LogP contribution is 2.18. The molecule has 1 fully saturated rings. The summed E-state index contributed by atoms with van der Waals surface area (Å²) < 4.78 is 10.5. The van der Waals surface area contributed by atoms with E-state index in [0.717, 1.165) is 58.1 Å². The number of hydrogen-bond donors (Lipinski definition) is 1. The second kappa shape index (κ2) is 13.8. The van der Waals surface area contributed by atoms with Gasteiger partial charge >= 0.3 is 5.97 Å². The number of likely N-dealkylation sites (tertiary alicyclic amines) is 1. The predicted octanol–water partition coefficient (Wildman–Crippen LogP) is 2.27. The third kappa shape index (κ3) is 8.74. The molecule has 0 bridgehead atoms. The normalized spacial score (nSPS) is 18.3. The van der Waals surface area contributed by atoms with Crippen LogP contribution in [-0.4, -0.2) is 62.8 Å². The lowest BCUT2D eigenvalue weighted by Gasteiger charge is -2.34. The largest absolute Gasteiger partial charge is 0.466 e. The summed E-state index contributed by atoms with van der Waals surface area (Å²) in [5.74, 6) is 0.772. The molecule has 0 aromatic carbocycles. The van der Waals surface area contributed by atoms with Crippen molar-refractivity contribution in [2.45, 2.75) is 40.0 Å². The fourth-order valence-electron chi connectivity index (χ4n) is 2.54. The minimum Gasteiger partial charge on any atom is -0.466 e. The second-order valence-corrected chi connectivity index (χ2v) is 5.32. The lowest BCUT2D eigenvalue weighted by Crippen LogP contribution is -2.48. The van der Waals surface area contributed by atoms with Gasteiger partial charge in [-0.05, 0) is 40.0 Å². The zero-order valence-electron chi connectivity index (χ0n) is 14.7. The van der Waals surface area contributed by atoms with Gasteiger partial charge in [0, 0.05) is 39.4 Å². The van der Waals surface area contributed by atoms with Gasteiger partial charge < -0.3 is 19.7 Å². The Labute approximate surface area is 157 Å². The number of guanidine groups is 1. The van der Waals surface area contributed by atoms with E-state index in [-0.39, 0.29) is 35.9 Å². The van der Waals surface area contributed by atoms with E-state index in [1.807, 2.05) is 13.8 Å². The smallest absolute Gasteiger partial charge is 0.310 e. The molecule has 1 atom stereocenters. The lowest BCUT2D eigenvalue weighted by atomic mass is 9.98. The van der Waals surface area contributed by atoms with Gasteiger partial charge in [0.25, 0.3) is 0 Å². The van der Waals surface area contributed by atoms with E-state index in [0.29, 0.717) is 13.2 Å². The molecule has 0 aromatic rings. The molecule has 0 saturated carbocycles. The standard InChI is InChI=1S/C16H31N3O3.HI/c1-4-17-16(18-10-8-12-21-5-2)19-11-7-9-14(13-19)15(20)22-6-3;/h14H,4-13H2,1-3H3,(H,17,18);1H. The quantitative estimate of drug-likeness (QED) is 0.206. The first-order valence-corrected chi connectivity index (χ1v) is 8.50. The summed E-state index contributed by atoms with van der Waals surface area (Å²) in [5, 5.41) is 3.32. The summed E-state index contributed by atoms with van der Waals surface area (Å²) in [6, 6.07) is 0. The number of nitrogens with zero attached hydrogens (tertiary/aromatic N) is 2. The Morgan fingerprint density at radius 2 is 2.09 bits per heavy atom. The van der Waals surface area contributed by atoms with Crippen molar-refractivity contribution >= 4 is 35.9 Å². The lowest BCUT2D eigenvalue weighted by molar-refractivity contribution is -0.149. The van der Waals surface area contributed by atoms with Crippen molar-refractivity contribution in [2.75, 3.05) is 46.0 Å². The molecule has 0 radical (unpaired) electrons. The number of carbonyl (C=O) groups is 1. The summed E-state index contributed by atoms with van der Waals surface area (Å²) in [6.07, 6.45) is 2.81. The molecule has 7 heteroatoms. The van der Waals surface area contributed by atoms with Crippen LogP contribution >= 0.6 is 24.0 Å². The monoisotopic (exact) mass is 441 g/mol. The molecule has 0 aromatic heterocycles. The number of ether oxygens (including phenoxy) is 2. The highest BCUT2D eigenvalue weighted by atomic mass is 127. The zero-order chi connectivity index (χ0) is 16.2. The van der Waals surface area contributed by atoms with Crippen molar-refractivity contribution < 1.29 is 14.3 Å². The van der Waals surface area contributed by atoms with Crippen molar-refractivity contribution in [2.24, 2.45) is 10.9 Å². The summed E-state index contributed by atoms with van der Waals surface area (Å²) in [6.45, 7) is 11.0. The molecule has 1 N–H and O–H groups in total. The summed E-state index contributed by atoms with van der Waals surface area (Å²) in [7, 11) is 0. The van der Waals surface area contributed by atoms with Gasteiger partial charge in [-0.25, -0.2) is 0 Å². The molecule has 1 aliphatic rings. The van der Waals surface area contributed by atoms with E-state index in [2.05, 4.69) is 22.1 Å². The Bertz CT molecular complexity index is 353. The second-order valence-electron chi connectivity index (χ2n) is 5.32. The van der Waals surface area contributed by atoms with Crippen molar-refractivity contribution in [1.82, 2.24) is 10.2 Å². The molecule has 0 aliphatic carbocycles. The van der Waals surface area contributed by atoms with Crippen molar-refractivity contribution in [1.29, 1.82) is 0 Å². The van der Waals surface area contributed by atoms with Crippen LogP contribution in [0.25, 0.3) is 0 Å². The van der Waals surface area contributed by atoms with Gasteiger partial charge in [-0.2, -0.15) is 0 Å². The number of aliphatic imine (C=N–C) groups is 1. The number of rotatable bonds is 8. The fourth-order valence-corrected chi connectivity index (χ4v) is 2.54. The van der Waals surface area contributed by atoms with Crippen molar-refractivity contribution in [3.8, 4) is 0 Å². The van der Waals surface area contributed by atoms with Crippen LogP contribution in [0.5, 0.6) is 0 Å². The highest BCUT2D eigenvalue weighted by Gasteiger charge is 2.28. The summed E-state index contributed by atoms with van der Waals surface area (Å²) in [5.41, 5.74) is 0. The van der Waals surface area contributed by atoms with Gasteiger partial charge in [0.05, 0.1) is 12.5 Å². The molecule has 0 amide bonds. The Kier molecular flexibility index (Phi) is 13.5. The highest BCUT2D eigenvalue weighted by molar-refractivity contribution is 14.0. The van der Waals surface area contributed by atoms with Crippen LogP contribution < -0.4 is 5.32 Å². The minimum absolute atomic E-state index is 0. The fraction of sp³-hybridized carbons (Fsp3) is 0.875. The maximum absolute atomic E-state index is 11.9. The van der Waals surface area contributed by atoms with E-state index in [1.165, 1.54) is 0 Å². The topological polar surface area (TPSA) is 63.2 Å². The molecule has 1 rings (SSSR count). The van der Waals surface area contributed by atoms with Crippen LogP contribution in [0, 0.1) is 5.92 Å². The maximum atomic E-state index is 11.9. The van der Waals surface area contributed by atoms with Crippen LogP contribution in [0.2, 0.25) is 0 Å². The molecule has 0 spiro atoms. The molecule has 136 valence electrons. The van der Waals surface area contributed by atoms with Crippen molar-refractivity contribution in [3.05, 3.63) is 0 Å². The van der Waals surface area contributed by atoms with Gasteiger partial charge in [0.1, 0.15) is 0 Å². The minimum atomic E-state index is -0.0839. The molecule has 6 nitrogen and oxygen atoms in total. The van der Waals surface area contributed by atoms with Crippen LogP contribution in [0.15, 0.2) is 4.99 Å². The number of hydrogen-bond acceptors (Lipinski definition) is 4. The first-order chi connectivity index (χ1) is 10.7. The van der Waals surface area contributed by atoms with Crippen LogP contribution in [0.4, 0.5) is 0 Å². The first-order valence-electron chi connectivity index (χ1n) is 8.50. The first kappa shape index (κ1) is 22.4. The van der Waals surface area contributed by atoms with E-state index in [1.54, 1.807) is 0 Å². The third-order valence-corrected chi connectivity index (χ3v) is 3.59. The van der Waals surface area contributed by atoms with E-state index in [9.17, 15) is 4.79 Å². The number of carbonyl (C=O) groups excluding carboxylic acids is 1.